The van der Waals surface area contributed by atoms with Gasteiger partial charge in [0.2, 0.25) is 6.54 Å². The molecule has 0 spiro atoms. The summed E-state index contributed by atoms with van der Waals surface area (Å²) in [6.07, 6.45) is 3.12. The predicted molar refractivity (Wildman–Crippen MR) is 136 cm³/mol. The molecule has 4 rings (SSSR count). The number of benzene rings is 1. The summed E-state index contributed by atoms with van der Waals surface area (Å²) in [7, 11) is -1.26. The van der Waals surface area contributed by atoms with Gasteiger partial charge in [0, 0.05) is 43.5 Å². The number of Topliss-reactive ketones (excluding diaryl/α,β-unsaturated/α-hetero) is 1. The number of piperazine rings is 1. The van der Waals surface area contributed by atoms with Crippen molar-refractivity contribution in [3.8, 4) is 5.75 Å². The number of imide groups is 1. The van der Waals surface area contributed by atoms with E-state index >= 15 is 0 Å². The van der Waals surface area contributed by atoms with Crippen LogP contribution in [0.1, 0.15) is 36.1 Å². The Morgan fingerprint density at radius 1 is 1.18 bits per heavy atom. The number of para-hydroxylation sites is 1. The number of aliphatic carboxylic acids is 1. The van der Waals surface area contributed by atoms with E-state index in [4.69, 9.17) is 4.65 Å². The number of carboxylic acids is 1. The van der Waals surface area contributed by atoms with Gasteiger partial charge in [0.15, 0.2) is 18.2 Å². The normalized spacial score (nSPS) is 17.8. The number of aryl methyl sites for hydroxylation is 1. The van der Waals surface area contributed by atoms with Crippen LogP contribution < -0.4 is 14.5 Å². The minimum absolute atomic E-state index is 0.0374. The molecule has 0 saturated carbocycles. The number of ketones is 1. The predicted octanol–water partition coefficient (Wildman–Crippen LogP) is 0.254. The molecule has 2 aliphatic heterocycles. The van der Waals surface area contributed by atoms with E-state index in [0.29, 0.717) is 18.7 Å². The number of pyridine rings is 1. The van der Waals surface area contributed by atoms with E-state index < -0.39 is 48.6 Å². The fourth-order valence-electron chi connectivity index (χ4n) is 4.88. The highest BCUT2D eigenvalue weighted by Gasteiger charge is 2.40. The molecule has 39 heavy (non-hydrogen) atoms. The van der Waals surface area contributed by atoms with E-state index in [1.165, 1.54) is 27.9 Å². The summed E-state index contributed by atoms with van der Waals surface area (Å²) in [6.45, 7) is 3.66. The molecular weight excluding hydrogens is 507 g/mol. The summed E-state index contributed by atoms with van der Waals surface area (Å²) in [5.74, 6) is -3.42. The maximum absolute atomic E-state index is 13.6. The first-order chi connectivity index (χ1) is 18.6. The van der Waals surface area contributed by atoms with Gasteiger partial charge in [0.05, 0.1) is 0 Å². The van der Waals surface area contributed by atoms with Crippen LogP contribution in [-0.2, 0) is 32.1 Å². The van der Waals surface area contributed by atoms with Crippen LogP contribution in [0.2, 0.25) is 5.82 Å². The minimum Gasteiger partial charge on any atom is -0.536 e. The second kappa shape index (κ2) is 11.6. The third-order valence-electron chi connectivity index (χ3n) is 6.94. The zero-order valence-electron chi connectivity index (χ0n) is 21.7. The highest BCUT2D eigenvalue weighted by molar-refractivity contribution is 6.46. The van der Waals surface area contributed by atoms with Crippen LogP contribution in [0.15, 0.2) is 42.7 Å². The van der Waals surface area contributed by atoms with Crippen molar-refractivity contribution >= 4 is 36.7 Å². The quantitative estimate of drug-likeness (QED) is 0.246. The molecular formula is C26H30BN4O8+. The van der Waals surface area contributed by atoms with Crippen molar-refractivity contribution in [2.24, 2.45) is 0 Å². The van der Waals surface area contributed by atoms with Crippen LogP contribution >= 0.6 is 0 Å². The van der Waals surface area contributed by atoms with Crippen LogP contribution in [0.4, 0.5) is 4.79 Å². The van der Waals surface area contributed by atoms with Crippen molar-refractivity contribution in [3.63, 3.8) is 0 Å². The number of carbonyl (C=O) groups is 5. The van der Waals surface area contributed by atoms with Crippen LogP contribution in [0.3, 0.4) is 0 Å². The molecule has 3 heterocycles. The van der Waals surface area contributed by atoms with Gasteiger partial charge >= 0.3 is 30.9 Å². The number of nitrogens with zero attached hydrogens (tertiary/aromatic N) is 3. The van der Waals surface area contributed by atoms with E-state index in [2.05, 4.69) is 5.32 Å². The second-order valence-electron chi connectivity index (χ2n) is 9.63. The molecule has 1 aromatic carbocycles. The molecule has 13 heteroatoms. The van der Waals surface area contributed by atoms with Crippen LogP contribution in [-0.4, -0.2) is 76.3 Å². The number of carbonyl (C=O) groups excluding carboxylic acids is 4. The standard InChI is InChI=1S/C26H29BN4O8/c1-3-30-10-11-31(25(36)24(30)35)26(37)28-22(18-8-5-9-29(14-18)15-21(33)34)20(32)13-19-12-17-7-4-6-16(2)23(17)39-27(19)38/h4-9,14,19,22,38H,3,10-13,15H2,1-2H3,(H-,28,33,34,37)/p+1/t19-,22?/m1/s1. The minimum atomic E-state index is -1.28. The van der Waals surface area contributed by atoms with Crippen LogP contribution in [0.5, 0.6) is 5.75 Å². The Balaban J connectivity index is 1.58. The second-order valence-corrected chi connectivity index (χ2v) is 9.63. The number of aromatic nitrogens is 1. The van der Waals surface area contributed by atoms with Gasteiger partial charge in [0.25, 0.3) is 0 Å². The number of fused-ring (bicyclic) bond motifs is 1. The van der Waals surface area contributed by atoms with Gasteiger partial charge in [-0.05, 0) is 37.5 Å². The summed E-state index contributed by atoms with van der Waals surface area (Å²) in [5, 5.41) is 22.4. The van der Waals surface area contributed by atoms with Gasteiger partial charge in [0.1, 0.15) is 11.8 Å². The number of likely N-dealkylation sites (N-methyl/N-ethyl adjacent to an activating group) is 1. The zero-order chi connectivity index (χ0) is 28.3. The van der Waals surface area contributed by atoms with Crippen molar-refractivity contribution in [2.45, 2.75) is 45.1 Å². The number of amides is 4. The summed E-state index contributed by atoms with van der Waals surface area (Å²) in [6, 6.07) is 6.46. The van der Waals surface area contributed by atoms with Crippen molar-refractivity contribution in [1.82, 2.24) is 15.1 Å². The maximum atomic E-state index is 13.6. The Morgan fingerprint density at radius 2 is 1.95 bits per heavy atom. The molecule has 1 fully saturated rings. The Bertz CT molecular complexity index is 1320. The highest BCUT2D eigenvalue weighted by atomic mass is 16.5. The molecule has 0 bridgehead atoms. The van der Waals surface area contributed by atoms with Crippen molar-refractivity contribution in [3.05, 3.63) is 59.4 Å². The molecule has 0 radical (unpaired) electrons. The molecule has 0 aliphatic carbocycles. The number of carboxylic acid groups (broad SMARTS) is 1. The number of urea groups is 1. The van der Waals surface area contributed by atoms with E-state index in [0.717, 1.165) is 16.0 Å². The molecule has 2 atom stereocenters. The van der Waals surface area contributed by atoms with Gasteiger partial charge in [-0.1, -0.05) is 18.2 Å². The molecule has 1 aromatic heterocycles. The fraction of sp³-hybridized carbons (Fsp3) is 0.385. The Kier molecular flexibility index (Phi) is 8.29. The molecule has 1 unspecified atom stereocenters. The number of hydrogen-bond donors (Lipinski definition) is 3. The molecule has 3 N–H and O–H groups in total. The Morgan fingerprint density at radius 3 is 2.67 bits per heavy atom. The molecule has 1 saturated heterocycles. The number of rotatable bonds is 8. The van der Waals surface area contributed by atoms with Gasteiger partial charge in [-0.25, -0.2) is 9.59 Å². The van der Waals surface area contributed by atoms with E-state index in [-0.39, 0.29) is 31.6 Å². The molecule has 204 valence electrons. The topological polar surface area (TPSA) is 157 Å². The lowest BCUT2D eigenvalue weighted by molar-refractivity contribution is -0.686. The summed E-state index contributed by atoms with van der Waals surface area (Å²) >= 11 is 0. The summed E-state index contributed by atoms with van der Waals surface area (Å²) in [5.41, 5.74) is 1.98. The lowest BCUT2D eigenvalue weighted by Crippen LogP contribution is -2.58. The lowest BCUT2D eigenvalue weighted by Gasteiger charge is -2.33. The number of hydrogen-bond acceptors (Lipinski definition) is 7. The van der Waals surface area contributed by atoms with E-state index in [9.17, 15) is 34.1 Å². The summed E-state index contributed by atoms with van der Waals surface area (Å²) < 4.78 is 7.04. The molecule has 12 nitrogen and oxygen atoms in total. The summed E-state index contributed by atoms with van der Waals surface area (Å²) in [4.78, 5) is 65.0. The van der Waals surface area contributed by atoms with Crippen molar-refractivity contribution in [2.75, 3.05) is 19.6 Å². The van der Waals surface area contributed by atoms with Gasteiger partial charge < -0.3 is 25.0 Å². The van der Waals surface area contributed by atoms with Crippen LogP contribution in [0, 0.1) is 6.92 Å². The first-order valence-corrected chi connectivity index (χ1v) is 12.7. The van der Waals surface area contributed by atoms with Crippen LogP contribution in [0.25, 0.3) is 0 Å². The molecule has 4 amide bonds. The van der Waals surface area contributed by atoms with E-state index in [1.54, 1.807) is 13.0 Å². The molecule has 2 aromatic rings. The third kappa shape index (κ3) is 6.09. The van der Waals surface area contributed by atoms with Gasteiger partial charge in [-0.3, -0.25) is 19.3 Å². The SMILES string of the molecule is CCN1CCN(C(=O)NC(C(=O)C[C@H]2Cc3cccc(C)c3OB2O)c2ccc[n+](CC(=O)O)c2)C(=O)C1=O. The highest BCUT2D eigenvalue weighted by Crippen LogP contribution is 2.36. The van der Waals surface area contributed by atoms with E-state index in [1.807, 2.05) is 25.1 Å². The smallest absolute Gasteiger partial charge is 0.526 e. The van der Waals surface area contributed by atoms with Gasteiger partial charge in [-0.2, -0.15) is 4.57 Å². The monoisotopic (exact) mass is 537 g/mol. The first kappa shape index (κ1) is 27.8. The lowest BCUT2D eigenvalue weighted by atomic mass is 9.64. The Hall–Kier alpha value is -4.26. The third-order valence-corrected chi connectivity index (χ3v) is 6.94. The first-order valence-electron chi connectivity index (χ1n) is 12.7. The maximum Gasteiger partial charge on any atom is 0.526 e. The average molecular weight is 537 g/mol. The largest absolute Gasteiger partial charge is 0.536 e. The number of nitrogens with one attached hydrogen (secondary N) is 1. The molecule has 2 aliphatic rings. The Labute approximate surface area is 225 Å². The van der Waals surface area contributed by atoms with Crippen molar-refractivity contribution < 1.29 is 43.3 Å². The average Bonchev–Trinajstić information content (AvgIpc) is 2.89. The van der Waals surface area contributed by atoms with Crippen molar-refractivity contribution in [1.29, 1.82) is 0 Å². The fourth-order valence-corrected chi connectivity index (χ4v) is 4.88. The zero-order valence-corrected chi connectivity index (χ0v) is 21.7. The van der Waals surface area contributed by atoms with Gasteiger partial charge in [-0.15, -0.1) is 0 Å².